The molecule has 0 bridgehead atoms. The van der Waals surface area contributed by atoms with E-state index in [1.54, 1.807) is 24.3 Å². The van der Waals surface area contributed by atoms with E-state index in [1.807, 2.05) is 3.93 Å². The van der Waals surface area contributed by atoms with Crippen LogP contribution in [0.3, 0.4) is 0 Å². The van der Waals surface area contributed by atoms with Gasteiger partial charge in [-0.15, -0.1) is 0 Å². The van der Waals surface area contributed by atoms with E-state index in [0.717, 1.165) is 13.3 Å². The predicted molar refractivity (Wildman–Crippen MR) is 43.1 cm³/mol. The molecule has 6 heteroatoms. The molecule has 0 aromatic carbocycles. The van der Waals surface area contributed by atoms with Gasteiger partial charge in [0, 0.05) is 16.1 Å². The third-order valence-electron chi connectivity index (χ3n) is 1.45. The summed E-state index contributed by atoms with van der Waals surface area (Å²) in [6.45, 7) is 2.13. The van der Waals surface area contributed by atoms with Crippen molar-refractivity contribution in [1.29, 1.82) is 0 Å². The van der Waals surface area contributed by atoms with Gasteiger partial charge in [-0.1, -0.05) is 0 Å². The van der Waals surface area contributed by atoms with Crippen molar-refractivity contribution in [3.8, 4) is 0 Å². The fraction of sp³-hybridized carbons (Fsp3) is 1.00. The van der Waals surface area contributed by atoms with Crippen molar-refractivity contribution in [3.05, 3.63) is 0 Å². The summed E-state index contributed by atoms with van der Waals surface area (Å²) in [5, 5.41) is 3.53. The number of hydrogen-bond donors (Lipinski definition) is 0. The summed E-state index contributed by atoms with van der Waals surface area (Å²) in [4.78, 5) is 10.1. The van der Waals surface area contributed by atoms with Gasteiger partial charge in [-0.05, 0) is 0 Å². The van der Waals surface area contributed by atoms with Gasteiger partial charge in [0.15, 0.2) is 0 Å². The quantitative estimate of drug-likeness (QED) is 0.627. The van der Waals surface area contributed by atoms with Crippen LogP contribution in [0.25, 0.3) is 0 Å². The van der Waals surface area contributed by atoms with E-state index >= 15 is 0 Å². The van der Waals surface area contributed by atoms with Gasteiger partial charge in [-0.3, -0.25) is 9.68 Å². The first-order chi connectivity index (χ1) is 5.26. The molecule has 0 N–H and O–H groups in total. The molecule has 0 atom stereocenters. The topological polar surface area (TPSA) is 28.2 Å². The van der Waals surface area contributed by atoms with Crippen LogP contribution >= 0.6 is 16.1 Å². The summed E-state index contributed by atoms with van der Waals surface area (Å²) >= 11 is 3.34. The minimum absolute atomic E-state index is 0.662. The maximum absolute atomic E-state index is 5.03. The number of rotatable bonds is 2. The second-order valence-electron chi connectivity index (χ2n) is 2.22. The second kappa shape index (κ2) is 4.34. The van der Waals surface area contributed by atoms with Crippen molar-refractivity contribution in [2.75, 3.05) is 34.2 Å². The van der Waals surface area contributed by atoms with Crippen molar-refractivity contribution in [1.82, 2.24) is 14.1 Å². The van der Waals surface area contributed by atoms with E-state index in [4.69, 9.17) is 9.68 Å². The highest BCUT2D eigenvalue weighted by Gasteiger charge is 2.21. The Morgan fingerprint density at radius 3 is 1.82 bits per heavy atom. The molecule has 5 nitrogen and oxygen atoms in total. The van der Waals surface area contributed by atoms with Crippen LogP contribution < -0.4 is 0 Å². The van der Waals surface area contributed by atoms with E-state index in [-0.39, 0.29) is 0 Å². The molecule has 0 aliphatic carbocycles. The van der Waals surface area contributed by atoms with Crippen LogP contribution in [0.15, 0.2) is 0 Å². The fourth-order valence-electron chi connectivity index (χ4n) is 0.883. The van der Waals surface area contributed by atoms with Crippen LogP contribution in [0.5, 0.6) is 0 Å². The van der Waals surface area contributed by atoms with Gasteiger partial charge >= 0.3 is 0 Å². The Morgan fingerprint density at radius 2 is 1.45 bits per heavy atom. The molecule has 1 fully saturated rings. The highest BCUT2D eigenvalue weighted by Crippen LogP contribution is 2.10. The van der Waals surface area contributed by atoms with Crippen LogP contribution in [0.2, 0.25) is 0 Å². The average molecular weight is 226 g/mol. The first-order valence-corrected chi connectivity index (χ1v) is 3.96. The summed E-state index contributed by atoms with van der Waals surface area (Å²) in [5.74, 6) is 0. The molecular formula is C5H12BrN3O2. The van der Waals surface area contributed by atoms with Crippen LogP contribution in [-0.4, -0.2) is 48.3 Å². The van der Waals surface area contributed by atoms with Gasteiger partial charge in [-0.2, -0.15) is 10.1 Å². The number of halogens is 1. The molecule has 1 rings (SSSR count). The zero-order valence-corrected chi connectivity index (χ0v) is 8.24. The van der Waals surface area contributed by atoms with Gasteiger partial charge in [0.05, 0.1) is 27.6 Å². The molecule has 1 saturated heterocycles. The van der Waals surface area contributed by atoms with Crippen molar-refractivity contribution < 1.29 is 9.68 Å². The molecule has 1 aliphatic heterocycles. The second-order valence-corrected chi connectivity index (χ2v) is 3.22. The fourth-order valence-corrected chi connectivity index (χ4v) is 1.38. The zero-order chi connectivity index (χ0) is 8.27. The molecule has 0 unspecified atom stereocenters. The smallest absolute Gasteiger partial charge is 0.103 e. The third-order valence-corrected chi connectivity index (χ3v) is 1.90. The molecule has 0 saturated carbocycles. The van der Waals surface area contributed by atoms with Crippen LogP contribution in [0, 0.1) is 0 Å². The van der Waals surface area contributed by atoms with Crippen molar-refractivity contribution in [3.63, 3.8) is 0 Å². The van der Waals surface area contributed by atoms with E-state index in [0.29, 0.717) is 6.67 Å². The molecule has 0 spiro atoms. The first kappa shape index (κ1) is 9.37. The Bertz CT molecular complexity index is 114. The molecule has 1 aliphatic rings. The highest BCUT2D eigenvalue weighted by molar-refractivity contribution is 9.07. The average Bonchev–Trinajstić information content (AvgIpc) is 2.03. The van der Waals surface area contributed by atoms with E-state index in [2.05, 4.69) is 16.1 Å². The lowest BCUT2D eigenvalue weighted by Gasteiger charge is -2.36. The van der Waals surface area contributed by atoms with E-state index in [9.17, 15) is 0 Å². The number of hydroxylamine groups is 4. The lowest BCUT2D eigenvalue weighted by atomic mass is 10.7. The SMILES string of the molecule is CON1CN(Br)CN(OC)C1. The largest absolute Gasteiger partial charge is 0.300 e. The molecule has 0 aromatic rings. The van der Waals surface area contributed by atoms with Gasteiger partial charge in [-0.25, -0.2) is 3.93 Å². The van der Waals surface area contributed by atoms with Crippen molar-refractivity contribution in [2.24, 2.45) is 0 Å². The summed E-state index contributed by atoms with van der Waals surface area (Å²) in [7, 11) is 3.28. The molecule has 1 heterocycles. The Hall–Kier alpha value is 0.280. The molecule has 0 radical (unpaired) electrons. The highest BCUT2D eigenvalue weighted by atomic mass is 79.9. The Kier molecular flexibility index (Phi) is 3.70. The van der Waals surface area contributed by atoms with Crippen LogP contribution in [0.1, 0.15) is 0 Å². The predicted octanol–water partition coefficient (Wildman–Crippen LogP) is 0.211. The maximum atomic E-state index is 5.03. The van der Waals surface area contributed by atoms with Crippen molar-refractivity contribution >= 4 is 16.1 Å². The number of nitrogens with zero attached hydrogens (tertiary/aromatic N) is 3. The lowest BCUT2D eigenvalue weighted by molar-refractivity contribution is -0.278. The van der Waals surface area contributed by atoms with Gasteiger partial charge in [0.1, 0.15) is 6.67 Å². The van der Waals surface area contributed by atoms with Gasteiger partial charge in [0.25, 0.3) is 0 Å². The van der Waals surface area contributed by atoms with Crippen LogP contribution in [-0.2, 0) is 9.68 Å². The van der Waals surface area contributed by atoms with Crippen molar-refractivity contribution in [2.45, 2.75) is 0 Å². The zero-order valence-electron chi connectivity index (χ0n) is 6.66. The van der Waals surface area contributed by atoms with E-state index in [1.165, 1.54) is 0 Å². The normalized spacial score (nSPS) is 24.3. The van der Waals surface area contributed by atoms with Gasteiger partial charge in [0.2, 0.25) is 0 Å². The summed E-state index contributed by atoms with van der Waals surface area (Å²) in [6.07, 6.45) is 0. The maximum Gasteiger partial charge on any atom is 0.103 e. The lowest BCUT2D eigenvalue weighted by Crippen LogP contribution is -2.50. The first-order valence-electron chi connectivity index (χ1n) is 3.25. The van der Waals surface area contributed by atoms with Crippen LogP contribution in [0.4, 0.5) is 0 Å². The summed E-state index contributed by atoms with van der Waals surface area (Å²) in [6, 6.07) is 0. The standard InChI is InChI=1S/C5H12BrN3O2/c1-10-8-3-7(6)4-9(5-8)11-2/h3-5H2,1-2H3. The minimum Gasteiger partial charge on any atom is -0.300 e. The molecule has 66 valence electrons. The van der Waals surface area contributed by atoms with E-state index < -0.39 is 0 Å². The molecule has 0 aromatic heterocycles. The monoisotopic (exact) mass is 225 g/mol. The molecule has 0 amide bonds. The minimum atomic E-state index is 0.662. The van der Waals surface area contributed by atoms with Gasteiger partial charge < -0.3 is 0 Å². The Labute approximate surface area is 74.7 Å². The third kappa shape index (κ3) is 2.66. The summed E-state index contributed by atoms with van der Waals surface area (Å²) in [5.41, 5.74) is 0. The Balaban J connectivity index is 2.37. The Morgan fingerprint density at radius 1 is 1.00 bits per heavy atom. The summed E-state index contributed by atoms with van der Waals surface area (Å²) < 4.78 is 1.91. The number of hydrogen-bond acceptors (Lipinski definition) is 5. The molecule has 11 heavy (non-hydrogen) atoms. The molecular weight excluding hydrogens is 214 g/mol.